The minimum Gasteiger partial charge on any atom is -0.475 e. The summed E-state index contributed by atoms with van der Waals surface area (Å²) >= 11 is 0. The largest absolute Gasteiger partial charge is 0.475 e. The zero-order valence-corrected chi connectivity index (χ0v) is 24.4. The van der Waals surface area contributed by atoms with E-state index < -0.39 is 47.5 Å². The first-order valence-corrected chi connectivity index (χ1v) is 14.6. The first kappa shape index (κ1) is 29.1. The first-order chi connectivity index (χ1) is 19.2. The fraction of sp³-hybridized carbons (Fsp3) is 0.645. The van der Waals surface area contributed by atoms with Crippen LogP contribution in [0, 0.1) is 29.1 Å². The Hall–Kier alpha value is -3.43. The normalized spacial score (nSPS) is 25.9. The minimum atomic E-state index is -1.58. The molecule has 3 N–H and O–H groups in total. The minimum absolute atomic E-state index is 0.0854. The average molecular weight is 568 g/mol. The molecule has 10 heteroatoms. The van der Waals surface area contributed by atoms with Gasteiger partial charge in [-0.05, 0) is 80.2 Å². The Bertz CT molecular complexity index is 1240. The van der Waals surface area contributed by atoms with Crippen molar-refractivity contribution in [3.63, 3.8) is 0 Å². The van der Waals surface area contributed by atoms with E-state index in [1.54, 1.807) is 25.7 Å². The van der Waals surface area contributed by atoms with E-state index in [4.69, 9.17) is 4.74 Å². The van der Waals surface area contributed by atoms with E-state index in [9.17, 15) is 29.1 Å². The lowest BCUT2D eigenvalue weighted by atomic mass is 9.93. The van der Waals surface area contributed by atoms with Gasteiger partial charge in [-0.2, -0.15) is 0 Å². The van der Waals surface area contributed by atoms with Crippen molar-refractivity contribution in [3.05, 3.63) is 35.4 Å². The Labute approximate surface area is 240 Å². The third-order valence-corrected chi connectivity index (χ3v) is 9.36. The average Bonchev–Trinajstić information content (AvgIpc) is 3.63. The van der Waals surface area contributed by atoms with Crippen LogP contribution in [0.3, 0.4) is 0 Å². The number of ether oxygens (including phenoxy) is 1. The molecule has 1 unspecified atom stereocenters. The van der Waals surface area contributed by atoms with Crippen LogP contribution >= 0.6 is 0 Å². The van der Waals surface area contributed by atoms with E-state index >= 15 is 0 Å². The summed E-state index contributed by atoms with van der Waals surface area (Å²) in [5.41, 5.74) is 1.30. The first-order valence-electron chi connectivity index (χ1n) is 14.6. The number of carbonyl (C=O) groups excluding carboxylic acids is 4. The van der Waals surface area contributed by atoms with E-state index in [2.05, 4.69) is 24.5 Å². The molecule has 1 heterocycles. The van der Waals surface area contributed by atoms with Crippen molar-refractivity contribution in [2.24, 2.45) is 29.1 Å². The number of nitrogens with one attached hydrogen (secondary N) is 2. The SMILES string of the molecule is CC(C)(C)OC(=O)N[C@H](C(=O)N1C[C@H]2[C@@H]([C@H]1C(=O)NC(CC1CC1)C(=O)C(=O)O)C2(C)C)C1Cc2ccccc2C1. The fourth-order valence-corrected chi connectivity index (χ4v) is 6.96. The summed E-state index contributed by atoms with van der Waals surface area (Å²) in [4.78, 5) is 66.5. The van der Waals surface area contributed by atoms with Gasteiger partial charge < -0.3 is 25.4 Å². The van der Waals surface area contributed by atoms with Gasteiger partial charge in [-0.15, -0.1) is 0 Å². The molecule has 0 aromatic heterocycles. The molecule has 3 fully saturated rings. The fourth-order valence-electron chi connectivity index (χ4n) is 6.96. The number of hydrogen-bond acceptors (Lipinski definition) is 6. The lowest BCUT2D eigenvalue weighted by Gasteiger charge is -2.35. The van der Waals surface area contributed by atoms with Gasteiger partial charge in [0.25, 0.3) is 5.78 Å². The molecule has 1 aromatic rings. The second-order valence-electron chi connectivity index (χ2n) is 13.9. The van der Waals surface area contributed by atoms with E-state index in [1.165, 1.54) is 0 Å². The molecule has 222 valence electrons. The van der Waals surface area contributed by atoms with Crippen molar-refractivity contribution in [2.45, 2.75) is 90.4 Å². The van der Waals surface area contributed by atoms with Gasteiger partial charge in [-0.1, -0.05) is 51.0 Å². The third kappa shape index (κ3) is 5.97. The second-order valence-corrected chi connectivity index (χ2v) is 13.9. The summed E-state index contributed by atoms with van der Waals surface area (Å²) in [5.74, 6) is -3.55. The number of piperidine rings is 1. The van der Waals surface area contributed by atoms with Gasteiger partial charge in [0.2, 0.25) is 11.8 Å². The molecule has 4 aliphatic rings. The number of aliphatic carboxylic acids is 1. The molecule has 0 bridgehead atoms. The molecule has 0 radical (unpaired) electrons. The number of nitrogens with zero attached hydrogens (tertiary/aromatic N) is 1. The number of likely N-dealkylation sites (tertiary alicyclic amines) is 1. The molecule has 3 aliphatic carbocycles. The molecule has 5 atom stereocenters. The van der Waals surface area contributed by atoms with E-state index in [-0.39, 0.29) is 41.4 Å². The summed E-state index contributed by atoms with van der Waals surface area (Å²) in [6.07, 6.45) is 2.57. The maximum absolute atomic E-state index is 14.3. The van der Waals surface area contributed by atoms with Crippen LogP contribution < -0.4 is 10.6 Å². The zero-order chi connectivity index (χ0) is 29.9. The number of Topliss-reactive ketones (excluding diaryl/α,β-unsaturated/α-hetero) is 1. The number of carboxylic acid groups (broad SMARTS) is 1. The predicted molar refractivity (Wildman–Crippen MR) is 149 cm³/mol. The van der Waals surface area contributed by atoms with Crippen LogP contribution in [0.2, 0.25) is 0 Å². The van der Waals surface area contributed by atoms with E-state index in [1.807, 2.05) is 24.3 Å². The van der Waals surface area contributed by atoms with Gasteiger partial charge in [0.15, 0.2) is 0 Å². The number of carbonyl (C=O) groups is 5. The van der Waals surface area contributed by atoms with Gasteiger partial charge >= 0.3 is 12.1 Å². The number of hydrogen-bond donors (Lipinski definition) is 3. The molecular formula is C31H41N3O7. The monoisotopic (exact) mass is 567 g/mol. The predicted octanol–water partition coefficient (Wildman–Crippen LogP) is 2.72. The smallest absolute Gasteiger partial charge is 0.408 e. The Morgan fingerprint density at radius 3 is 2.20 bits per heavy atom. The molecular weight excluding hydrogens is 526 g/mol. The zero-order valence-electron chi connectivity index (χ0n) is 24.4. The maximum Gasteiger partial charge on any atom is 0.408 e. The molecule has 41 heavy (non-hydrogen) atoms. The van der Waals surface area contributed by atoms with Crippen molar-refractivity contribution in [1.82, 2.24) is 15.5 Å². The van der Waals surface area contributed by atoms with Crippen LogP contribution in [0.25, 0.3) is 0 Å². The number of alkyl carbamates (subject to hydrolysis) is 1. The topological polar surface area (TPSA) is 142 Å². The van der Waals surface area contributed by atoms with Crippen LogP contribution in [0.1, 0.15) is 65.0 Å². The van der Waals surface area contributed by atoms with Gasteiger partial charge in [-0.3, -0.25) is 14.4 Å². The highest BCUT2D eigenvalue weighted by Gasteiger charge is 2.70. The van der Waals surface area contributed by atoms with Crippen LogP contribution in [0.4, 0.5) is 4.79 Å². The number of fused-ring (bicyclic) bond motifs is 2. The Morgan fingerprint density at radius 2 is 1.66 bits per heavy atom. The number of benzene rings is 1. The maximum atomic E-state index is 14.3. The standard InChI is InChI=1S/C31H41N3O7/c1-30(2,3)41-29(40)33-23(19-13-17-8-6-7-9-18(17)14-19)27(37)34-15-20-22(31(20,4)5)24(34)26(36)32-21(12-16-10-11-16)25(35)28(38)39/h6-9,16,19-24H,10-15H2,1-5H3,(H,32,36)(H,33,40)(H,38,39)/t20-,21?,22-,23-,24-/m0/s1. The molecule has 3 amide bonds. The van der Waals surface area contributed by atoms with Crippen molar-refractivity contribution < 1.29 is 33.8 Å². The van der Waals surface area contributed by atoms with E-state index in [0.29, 0.717) is 19.4 Å². The quantitative estimate of drug-likeness (QED) is 0.390. The molecule has 1 aliphatic heterocycles. The Balaban J connectivity index is 1.39. The lowest BCUT2D eigenvalue weighted by molar-refractivity contribution is -0.151. The summed E-state index contributed by atoms with van der Waals surface area (Å²) in [6.45, 7) is 9.71. The van der Waals surface area contributed by atoms with Crippen LogP contribution in [0.15, 0.2) is 24.3 Å². The van der Waals surface area contributed by atoms with Crippen molar-refractivity contribution in [2.75, 3.05) is 6.54 Å². The van der Waals surface area contributed by atoms with Crippen LogP contribution in [-0.4, -0.2) is 69.9 Å². The summed E-state index contributed by atoms with van der Waals surface area (Å²) in [7, 11) is 0. The molecule has 1 aromatic carbocycles. The Morgan fingerprint density at radius 1 is 1.05 bits per heavy atom. The van der Waals surface area contributed by atoms with Crippen molar-refractivity contribution in [3.8, 4) is 0 Å². The number of ketones is 1. The molecule has 2 saturated carbocycles. The summed E-state index contributed by atoms with van der Waals surface area (Å²) < 4.78 is 5.51. The summed E-state index contributed by atoms with van der Waals surface area (Å²) in [6, 6.07) is 5.03. The van der Waals surface area contributed by atoms with E-state index in [0.717, 1.165) is 24.0 Å². The second kappa shape index (κ2) is 10.4. The third-order valence-electron chi connectivity index (χ3n) is 9.36. The van der Waals surface area contributed by atoms with Crippen LogP contribution in [0.5, 0.6) is 0 Å². The van der Waals surface area contributed by atoms with Gasteiger partial charge in [0.05, 0.1) is 6.04 Å². The lowest BCUT2D eigenvalue weighted by Crippen LogP contribution is -2.59. The summed E-state index contributed by atoms with van der Waals surface area (Å²) in [5, 5.41) is 14.9. The highest BCUT2D eigenvalue weighted by atomic mass is 16.6. The number of rotatable bonds is 9. The van der Waals surface area contributed by atoms with Gasteiger partial charge in [0.1, 0.15) is 17.7 Å². The molecule has 0 spiro atoms. The van der Waals surface area contributed by atoms with Crippen molar-refractivity contribution >= 4 is 29.7 Å². The highest BCUT2D eigenvalue weighted by Crippen LogP contribution is 2.65. The van der Waals surface area contributed by atoms with Gasteiger partial charge in [-0.25, -0.2) is 9.59 Å². The molecule has 5 rings (SSSR count). The van der Waals surface area contributed by atoms with Gasteiger partial charge in [0, 0.05) is 6.54 Å². The number of carboxylic acids is 1. The number of amides is 3. The van der Waals surface area contributed by atoms with Crippen LogP contribution in [-0.2, 0) is 36.8 Å². The van der Waals surface area contributed by atoms with Crippen molar-refractivity contribution in [1.29, 1.82) is 0 Å². The Kier molecular flexibility index (Phi) is 7.40. The highest BCUT2D eigenvalue weighted by molar-refractivity contribution is 6.35. The molecule has 1 saturated heterocycles. The molecule has 10 nitrogen and oxygen atoms in total.